The van der Waals surface area contributed by atoms with Gasteiger partial charge >= 0.3 is 18.6 Å². The lowest BCUT2D eigenvalue weighted by Crippen LogP contribution is -2.20. The lowest BCUT2D eigenvalue weighted by atomic mass is 9.99. The van der Waals surface area contributed by atoms with Crippen LogP contribution in [-0.2, 0) is 0 Å². The first-order chi connectivity index (χ1) is 7.29. The van der Waals surface area contributed by atoms with Crippen LogP contribution in [0.2, 0.25) is 0 Å². The normalized spacial score (nSPS) is 13.2. The molecule has 2 unspecified atom stereocenters. The van der Waals surface area contributed by atoms with Crippen LogP contribution in [0.4, 0.5) is 0 Å². The van der Waals surface area contributed by atoms with Crippen molar-refractivity contribution < 1.29 is 0 Å². The first kappa shape index (κ1) is 13.3. The van der Waals surface area contributed by atoms with Gasteiger partial charge in [0.15, 0.2) is 0 Å². The molecule has 0 aliphatic carbocycles. The zero-order valence-electron chi connectivity index (χ0n) is 9.08. The van der Waals surface area contributed by atoms with E-state index in [2.05, 4.69) is 14.9 Å². The maximum atomic E-state index is 8.79. The third kappa shape index (κ3) is 5.54. The second kappa shape index (κ2) is 8.84. The second-order valence-corrected chi connectivity index (χ2v) is 3.52. The van der Waals surface area contributed by atoms with Crippen LogP contribution in [0, 0.1) is 16.2 Å². The molecule has 0 aromatic carbocycles. The Bertz CT molecular complexity index is 280. The van der Waals surface area contributed by atoms with Crippen LogP contribution in [0.1, 0.15) is 39.0 Å². The summed E-state index contributed by atoms with van der Waals surface area (Å²) < 4.78 is 0. The fraction of sp³-hybridized carbons (Fsp3) is 1.00. The average Bonchev–Trinajstić information content (AvgIpc) is 2.27. The molecule has 0 rings (SSSR count). The third-order valence-electron chi connectivity index (χ3n) is 2.35. The highest BCUT2D eigenvalue weighted by molar-refractivity contribution is 4.94. The smallest absolute Gasteiger partial charge is 0.0654 e. The van der Waals surface area contributed by atoms with Crippen molar-refractivity contribution >= 4 is 0 Å². The van der Waals surface area contributed by atoms with E-state index in [0.717, 1.165) is 12.8 Å². The fourth-order valence-electron chi connectivity index (χ4n) is 1.44. The van der Waals surface area contributed by atoms with Gasteiger partial charge in [-0.05, 0) is 6.42 Å². The van der Waals surface area contributed by atoms with E-state index < -0.39 is 6.04 Å². The first-order valence-corrected chi connectivity index (χ1v) is 5.29. The van der Waals surface area contributed by atoms with E-state index in [1.807, 2.05) is 6.92 Å². The maximum absolute atomic E-state index is 8.79. The number of rotatable bonds is 7. The zero-order chi connectivity index (χ0) is 11.5. The van der Waals surface area contributed by atoms with Crippen LogP contribution in [0.25, 0.3) is 14.9 Å². The van der Waals surface area contributed by atoms with Gasteiger partial charge in [-0.1, -0.05) is 13.3 Å². The second-order valence-electron chi connectivity index (χ2n) is 3.52. The largest absolute Gasteiger partial charge is 0.395 e. The van der Waals surface area contributed by atoms with Crippen molar-refractivity contribution in [1.82, 2.24) is 0 Å². The standard InChI is InChI=1S/C9H17N6/c1-2-3-5-8(14-11)9(15-12)6-4-7-13-10/h8-9H,2-7H2,1H3/q+3. The Morgan fingerprint density at radius 3 is 1.87 bits per heavy atom. The molecule has 2 atom stereocenters. The number of unbranched alkanes of at least 4 members (excludes halogenated alkanes) is 1. The zero-order valence-corrected chi connectivity index (χ0v) is 9.08. The van der Waals surface area contributed by atoms with E-state index in [4.69, 9.17) is 16.2 Å². The minimum Gasteiger partial charge on any atom is -0.0654 e. The van der Waals surface area contributed by atoms with Gasteiger partial charge in [0.05, 0.1) is 0 Å². The van der Waals surface area contributed by atoms with Crippen molar-refractivity contribution in [2.75, 3.05) is 6.54 Å². The number of nitrogens with zero attached hydrogens (tertiary/aromatic N) is 6. The van der Waals surface area contributed by atoms with Crippen LogP contribution >= 0.6 is 0 Å². The van der Waals surface area contributed by atoms with Crippen LogP contribution in [-0.4, -0.2) is 18.6 Å². The molecule has 0 aromatic rings. The van der Waals surface area contributed by atoms with Gasteiger partial charge in [0.2, 0.25) is 16.2 Å². The Kier molecular flexibility index (Phi) is 7.82. The number of diazo groups is 3. The molecule has 0 N–H and O–H groups in total. The molecular formula is C9H17N6+3. The maximum Gasteiger partial charge on any atom is 0.395 e. The van der Waals surface area contributed by atoms with Crippen molar-refractivity contribution in [3.63, 3.8) is 0 Å². The van der Waals surface area contributed by atoms with Gasteiger partial charge in [-0.3, -0.25) is 0 Å². The molecule has 0 aliphatic rings. The van der Waals surface area contributed by atoms with Crippen LogP contribution < -0.4 is 0 Å². The van der Waals surface area contributed by atoms with Gasteiger partial charge in [0.1, 0.15) is 14.9 Å². The molecule has 0 aliphatic heterocycles. The van der Waals surface area contributed by atoms with E-state index >= 15 is 0 Å². The van der Waals surface area contributed by atoms with E-state index in [0.29, 0.717) is 25.8 Å². The molecule has 0 saturated heterocycles. The molecule has 0 fully saturated rings. The van der Waals surface area contributed by atoms with Crippen molar-refractivity contribution in [3.05, 3.63) is 14.9 Å². The lowest BCUT2D eigenvalue weighted by Gasteiger charge is -1.95. The topological polar surface area (TPSA) is 84.4 Å². The molecule has 0 heterocycles. The predicted octanol–water partition coefficient (Wildman–Crippen LogP) is 3.25. The van der Waals surface area contributed by atoms with Crippen LogP contribution in [0.5, 0.6) is 0 Å². The fourth-order valence-corrected chi connectivity index (χ4v) is 1.44. The Labute approximate surface area is 89.5 Å². The molecular weight excluding hydrogens is 192 g/mol. The molecule has 6 nitrogen and oxygen atoms in total. The minimum atomic E-state index is -0.400. The highest BCUT2D eigenvalue weighted by Crippen LogP contribution is 2.16. The van der Waals surface area contributed by atoms with Crippen molar-refractivity contribution in [2.45, 2.75) is 51.1 Å². The number of hydrogen-bond donors (Lipinski definition) is 0. The molecule has 15 heavy (non-hydrogen) atoms. The van der Waals surface area contributed by atoms with E-state index in [-0.39, 0.29) is 6.04 Å². The summed E-state index contributed by atoms with van der Waals surface area (Å²) in [4.78, 5) is 9.41. The van der Waals surface area contributed by atoms with Gasteiger partial charge in [-0.15, -0.1) is 0 Å². The summed E-state index contributed by atoms with van der Waals surface area (Å²) in [6.45, 7) is 2.36. The predicted molar refractivity (Wildman–Crippen MR) is 56.5 cm³/mol. The highest BCUT2D eigenvalue weighted by Gasteiger charge is 2.42. The summed E-state index contributed by atoms with van der Waals surface area (Å²) in [5, 5.41) is 25.8. The summed E-state index contributed by atoms with van der Waals surface area (Å²) >= 11 is 0. The molecule has 0 bridgehead atoms. The molecule has 0 amide bonds. The molecule has 0 spiro atoms. The lowest BCUT2D eigenvalue weighted by molar-refractivity contribution is 0.530. The van der Waals surface area contributed by atoms with Crippen molar-refractivity contribution in [1.29, 1.82) is 16.2 Å². The quantitative estimate of drug-likeness (QED) is 0.476. The molecule has 0 radical (unpaired) electrons. The van der Waals surface area contributed by atoms with Crippen LogP contribution in [0.15, 0.2) is 0 Å². The summed E-state index contributed by atoms with van der Waals surface area (Å²) in [7, 11) is 0. The van der Waals surface area contributed by atoms with E-state index in [9.17, 15) is 0 Å². The van der Waals surface area contributed by atoms with E-state index in [1.165, 1.54) is 0 Å². The Balaban J connectivity index is 4.07. The van der Waals surface area contributed by atoms with Gasteiger partial charge < -0.3 is 0 Å². The van der Waals surface area contributed by atoms with Gasteiger partial charge in [0.25, 0.3) is 0 Å². The van der Waals surface area contributed by atoms with Crippen LogP contribution in [0.3, 0.4) is 0 Å². The van der Waals surface area contributed by atoms with Gasteiger partial charge in [-0.2, -0.15) is 0 Å². The summed E-state index contributed by atoms with van der Waals surface area (Å²) in [6, 6.07) is -0.753. The van der Waals surface area contributed by atoms with E-state index in [1.54, 1.807) is 0 Å². The Hall–Kier alpha value is -1.74. The monoisotopic (exact) mass is 209 g/mol. The van der Waals surface area contributed by atoms with Gasteiger partial charge in [0, 0.05) is 19.3 Å². The van der Waals surface area contributed by atoms with Gasteiger partial charge in [-0.25, -0.2) is 0 Å². The molecule has 0 saturated carbocycles. The summed E-state index contributed by atoms with van der Waals surface area (Å²) in [6.07, 6.45) is 3.82. The summed E-state index contributed by atoms with van der Waals surface area (Å²) in [5.74, 6) is 0. The Morgan fingerprint density at radius 2 is 1.47 bits per heavy atom. The average molecular weight is 209 g/mol. The van der Waals surface area contributed by atoms with Crippen molar-refractivity contribution in [3.8, 4) is 0 Å². The highest BCUT2D eigenvalue weighted by atomic mass is 15.0. The third-order valence-corrected chi connectivity index (χ3v) is 2.35. The number of hydrogen-bond acceptors (Lipinski definition) is 3. The molecule has 6 heteroatoms. The summed E-state index contributed by atoms with van der Waals surface area (Å²) in [5.41, 5.74) is 0. The molecule has 80 valence electrons. The first-order valence-electron chi connectivity index (χ1n) is 5.29. The van der Waals surface area contributed by atoms with Crippen molar-refractivity contribution in [2.24, 2.45) is 0 Å². The Morgan fingerprint density at radius 1 is 0.933 bits per heavy atom. The minimum absolute atomic E-state index is 0.317. The molecule has 0 aromatic heterocycles. The SMILES string of the molecule is CCCCC([N+]#N)C(CCC[N+]#N)[N+]#N.